The van der Waals surface area contributed by atoms with Crippen LogP contribution in [0.15, 0.2) is 42.7 Å². The molecule has 0 radical (unpaired) electrons. The molecule has 5 rings (SSSR count). The first-order valence-corrected chi connectivity index (χ1v) is 9.20. The lowest BCUT2D eigenvalue weighted by atomic mass is 9.83. The fourth-order valence-electron chi connectivity index (χ4n) is 4.36. The molecule has 4 heterocycles. The Morgan fingerprint density at radius 2 is 1.89 bits per heavy atom. The van der Waals surface area contributed by atoms with Gasteiger partial charge >= 0.3 is 0 Å². The molecule has 1 aromatic carbocycles. The molecule has 0 atom stereocenters. The average Bonchev–Trinajstić information content (AvgIpc) is 3.12. The molecule has 1 spiro atoms. The molecule has 2 aromatic heterocycles. The van der Waals surface area contributed by atoms with Gasteiger partial charge in [-0.3, -0.25) is 0 Å². The number of fused-ring (bicyclic) bond motifs is 2. The Kier molecular flexibility index (Phi) is 5.71. The van der Waals surface area contributed by atoms with Crippen molar-refractivity contribution in [3.63, 3.8) is 0 Å². The molecule has 1 fully saturated rings. The van der Waals surface area contributed by atoms with Gasteiger partial charge in [0.25, 0.3) is 0 Å². The van der Waals surface area contributed by atoms with E-state index in [-0.39, 0.29) is 30.4 Å². The summed E-state index contributed by atoms with van der Waals surface area (Å²) in [7, 11) is 0. The molecular formula is C21H25Cl2N3O. The van der Waals surface area contributed by atoms with Crippen LogP contribution in [0.4, 0.5) is 0 Å². The van der Waals surface area contributed by atoms with E-state index in [1.165, 1.54) is 22.4 Å². The Balaban J connectivity index is 0.00000105. The summed E-state index contributed by atoms with van der Waals surface area (Å²) in [5.74, 6) is 1.08. The van der Waals surface area contributed by atoms with Gasteiger partial charge in [-0.15, -0.1) is 24.8 Å². The van der Waals surface area contributed by atoms with Gasteiger partial charge in [0, 0.05) is 23.7 Å². The number of nitrogens with zero attached hydrogens (tertiary/aromatic N) is 2. The predicted molar refractivity (Wildman–Crippen MR) is 114 cm³/mol. The molecule has 1 N–H and O–H groups in total. The van der Waals surface area contributed by atoms with Crippen LogP contribution in [0.1, 0.15) is 30.5 Å². The minimum Gasteiger partial charge on any atom is -0.487 e. The van der Waals surface area contributed by atoms with E-state index in [1.54, 1.807) is 0 Å². The topological polar surface area (TPSA) is 38.6 Å². The second-order valence-electron chi connectivity index (χ2n) is 7.35. The van der Waals surface area contributed by atoms with E-state index in [4.69, 9.17) is 4.74 Å². The summed E-state index contributed by atoms with van der Waals surface area (Å²) >= 11 is 0. The fourth-order valence-corrected chi connectivity index (χ4v) is 4.36. The Morgan fingerprint density at radius 1 is 1.07 bits per heavy atom. The largest absolute Gasteiger partial charge is 0.487 e. The van der Waals surface area contributed by atoms with E-state index >= 15 is 0 Å². The zero-order chi connectivity index (χ0) is 16.9. The number of hydrogen-bond donors (Lipinski definition) is 1. The van der Waals surface area contributed by atoms with E-state index in [2.05, 4.69) is 52.0 Å². The van der Waals surface area contributed by atoms with Gasteiger partial charge in [-0.25, -0.2) is 4.98 Å². The molecule has 2 aliphatic heterocycles. The number of ether oxygens (including phenoxy) is 1. The second kappa shape index (κ2) is 7.70. The lowest BCUT2D eigenvalue weighted by molar-refractivity contribution is 0.0170. The third kappa shape index (κ3) is 3.42. The van der Waals surface area contributed by atoms with Gasteiger partial charge in [0.15, 0.2) is 0 Å². The Bertz CT molecular complexity index is 948. The highest BCUT2D eigenvalue weighted by Gasteiger charge is 2.37. The molecule has 27 heavy (non-hydrogen) atoms. The van der Waals surface area contributed by atoms with Crippen molar-refractivity contribution in [2.24, 2.45) is 0 Å². The molecule has 6 heteroatoms. The summed E-state index contributed by atoms with van der Waals surface area (Å²) in [5, 5.41) is 3.44. The van der Waals surface area contributed by atoms with E-state index < -0.39 is 0 Å². The van der Waals surface area contributed by atoms with Gasteiger partial charge in [-0.1, -0.05) is 6.07 Å². The van der Waals surface area contributed by atoms with Crippen LogP contribution in [-0.4, -0.2) is 28.1 Å². The molecule has 0 amide bonds. The smallest absolute Gasteiger partial charge is 0.136 e. The summed E-state index contributed by atoms with van der Waals surface area (Å²) < 4.78 is 8.63. The predicted octanol–water partition coefficient (Wildman–Crippen LogP) is 4.60. The number of halogens is 2. The normalized spacial score (nSPS) is 17.5. The minimum absolute atomic E-state index is 0. The highest BCUT2D eigenvalue weighted by Crippen LogP contribution is 2.40. The molecule has 2 aliphatic rings. The first-order valence-electron chi connectivity index (χ1n) is 9.20. The molecular weight excluding hydrogens is 381 g/mol. The molecule has 144 valence electrons. The number of pyridine rings is 1. The number of hydrogen-bond acceptors (Lipinski definition) is 3. The third-order valence-corrected chi connectivity index (χ3v) is 5.88. The molecule has 4 nitrogen and oxygen atoms in total. The van der Waals surface area contributed by atoms with Gasteiger partial charge in [0.05, 0.1) is 0 Å². The van der Waals surface area contributed by atoms with Gasteiger partial charge in [-0.2, -0.15) is 0 Å². The summed E-state index contributed by atoms with van der Waals surface area (Å²) in [5.41, 5.74) is 6.14. The quantitative estimate of drug-likeness (QED) is 0.642. The van der Waals surface area contributed by atoms with E-state index in [1.807, 2.05) is 12.4 Å². The number of benzene rings is 1. The van der Waals surface area contributed by atoms with Crippen LogP contribution in [0.25, 0.3) is 16.8 Å². The number of rotatable bonds is 1. The van der Waals surface area contributed by atoms with Gasteiger partial charge in [0.2, 0.25) is 0 Å². The maximum Gasteiger partial charge on any atom is 0.136 e. The lowest BCUT2D eigenvalue weighted by Crippen LogP contribution is -2.48. The summed E-state index contributed by atoms with van der Waals surface area (Å²) in [6.07, 6.45) is 8.34. The van der Waals surface area contributed by atoms with Crippen molar-refractivity contribution < 1.29 is 4.74 Å². The monoisotopic (exact) mass is 405 g/mol. The molecule has 0 unspecified atom stereocenters. The molecule has 0 saturated carbocycles. The van der Waals surface area contributed by atoms with Crippen molar-refractivity contribution in [3.05, 3.63) is 54.0 Å². The number of imidazole rings is 1. The highest BCUT2D eigenvalue weighted by atomic mass is 35.5. The highest BCUT2D eigenvalue weighted by molar-refractivity contribution is 5.85. The van der Waals surface area contributed by atoms with Gasteiger partial charge < -0.3 is 14.5 Å². The van der Waals surface area contributed by atoms with Crippen LogP contribution in [0.2, 0.25) is 0 Å². The summed E-state index contributed by atoms with van der Waals surface area (Å²) in [6.45, 7) is 4.29. The standard InChI is InChI=1S/C21H23N3O.2ClH/c1-15-18(3-5-20-23-12-13-24(15)20)16-2-4-19-17(14-16)6-7-21(25-19)8-10-22-11-9-21;;/h2-5,12-14,22H,6-11H2,1H3;2*1H. The van der Waals surface area contributed by atoms with E-state index in [9.17, 15) is 0 Å². The van der Waals surface area contributed by atoms with Crippen LogP contribution < -0.4 is 10.1 Å². The van der Waals surface area contributed by atoms with Crippen LogP contribution in [0, 0.1) is 6.92 Å². The molecule has 1 saturated heterocycles. The van der Waals surface area contributed by atoms with E-state index in [0.29, 0.717) is 0 Å². The van der Waals surface area contributed by atoms with Crippen LogP contribution >= 0.6 is 24.8 Å². The number of piperidine rings is 1. The average molecular weight is 406 g/mol. The van der Waals surface area contributed by atoms with Crippen molar-refractivity contribution in [2.45, 2.75) is 38.2 Å². The lowest BCUT2D eigenvalue weighted by Gasteiger charge is -2.41. The van der Waals surface area contributed by atoms with Crippen molar-refractivity contribution in [3.8, 4) is 16.9 Å². The minimum atomic E-state index is 0. The molecule has 0 aliphatic carbocycles. The summed E-state index contributed by atoms with van der Waals surface area (Å²) in [6, 6.07) is 10.9. The van der Waals surface area contributed by atoms with Gasteiger partial charge in [-0.05, 0) is 81.1 Å². The Morgan fingerprint density at radius 3 is 2.70 bits per heavy atom. The third-order valence-electron chi connectivity index (χ3n) is 5.88. The van der Waals surface area contributed by atoms with Crippen molar-refractivity contribution in [1.29, 1.82) is 0 Å². The van der Waals surface area contributed by atoms with Crippen molar-refractivity contribution >= 4 is 30.5 Å². The maximum absolute atomic E-state index is 6.48. The Hall–Kier alpha value is -1.75. The van der Waals surface area contributed by atoms with Crippen LogP contribution in [0.5, 0.6) is 5.75 Å². The number of nitrogens with one attached hydrogen (secondary N) is 1. The van der Waals surface area contributed by atoms with Gasteiger partial charge in [0.1, 0.15) is 17.0 Å². The Labute approximate surface area is 172 Å². The summed E-state index contributed by atoms with van der Waals surface area (Å²) in [4.78, 5) is 4.37. The number of aromatic nitrogens is 2. The SMILES string of the molecule is Cc1c(-c2ccc3c(c2)CCC2(CCNCC2)O3)ccc2nccn12.Cl.Cl. The van der Waals surface area contributed by atoms with E-state index in [0.717, 1.165) is 50.2 Å². The molecule has 0 bridgehead atoms. The second-order valence-corrected chi connectivity index (χ2v) is 7.35. The first-order chi connectivity index (χ1) is 12.2. The fraction of sp³-hybridized carbons (Fsp3) is 0.381. The molecule has 3 aromatic rings. The number of aryl methyl sites for hydroxylation is 2. The van der Waals surface area contributed by atoms with Crippen molar-refractivity contribution in [1.82, 2.24) is 14.7 Å². The van der Waals surface area contributed by atoms with Crippen LogP contribution in [0.3, 0.4) is 0 Å². The zero-order valence-electron chi connectivity index (χ0n) is 15.4. The maximum atomic E-state index is 6.48. The first kappa shape index (κ1) is 20.0. The zero-order valence-corrected chi connectivity index (χ0v) is 17.0. The van der Waals surface area contributed by atoms with Crippen molar-refractivity contribution in [2.75, 3.05) is 13.1 Å². The van der Waals surface area contributed by atoms with Crippen LogP contribution in [-0.2, 0) is 6.42 Å².